The molecule has 0 bridgehead atoms. The largest absolute Gasteiger partial charge is 0.335 e. The van der Waals surface area contributed by atoms with Gasteiger partial charge in [0.25, 0.3) is 0 Å². The van der Waals surface area contributed by atoms with E-state index in [1.54, 1.807) is 14.1 Å². The third-order valence-electron chi connectivity index (χ3n) is 3.60. The lowest BCUT2D eigenvalue weighted by Crippen LogP contribution is -2.50. The molecular formula is C22H50N2O2. The van der Waals surface area contributed by atoms with Crippen LogP contribution in [0.15, 0.2) is 0 Å². The molecule has 4 nitrogen and oxygen atoms in total. The highest BCUT2D eigenvalue weighted by Crippen LogP contribution is 1.98. The van der Waals surface area contributed by atoms with Gasteiger partial charge in [-0.2, -0.15) is 0 Å². The van der Waals surface area contributed by atoms with Crippen molar-refractivity contribution in [2.45, 2.75) is 107 Å². The second-order valence-electron chi connectivity index (χ2n) is 6.50. The Labute approximate surface area is 165 Å². The lowest BCUT2D eigenvalue weighted by atomic mass is 10.3. The van der Waals surface area contributed by atoms with Gasteiger partial charge in [-0.3, -0.25) is 9.59 Å². The average molecular weight is 375 g/mol. The molecule has 1 heterocycles. The van der Waals surface area contributed by atoms with Gasteiger partial charge in [0, 0.05) is 14.1 Å². The van der Waals surface area contributed by atoms with Crippen molar-refractivity contribution in [3.63, 3.8) is 0 Å². The minimum absolute atomic E-state index is 0.00194. The van der Waals surface area contributed by atoms with Gasteiger partial charge in [0.2, 0.25) is 11.8 Å². The van der Waals surface area contributed by atoms with Crippen LogP contribution in [-0.4, -0.2) is 48.8 Å². The molecule has 0 aliphatic carbocycles. The Morgan fingerprint density at radius 2 is 0.654 bits per heavy atom. The Balaban J connectivity index is -0.000000129. The Hall–Kier alpha value is -1.06. The predicted molar refractivity (Wildman–Crippen MR) is 118 cm³/mol. The minimum atomic E-state index is 0.00194. The van der Waals surface area contributed by atoms with Gasteiger partial charge < -0.3 is 9.80 Å². The number of hydrogen-bond acceptors (Lipinski definition) is 2. The number of carbonyl (C=O) groups is 2. The highest BCUT2D eigenvalue weighted by atomic mass is 16.2. The van der Waals surface area contributed by atoms with Crippen molar-refractivity contribution in [2.24, 2.45) is 0 Å². The second kappa shape index (κ2) is 28.7. The van der Waals surface area contributed by atoms with E-state index in [9.17, 15) is 9.59 Å². The molecular weight excluding hydrogens is 324 g/mol. The van der Waals surface area contributed by atoms with Crippen LogP contribution in [0.4, 0.5) is 0 Å². The van der Waals surface area contributed by atoms with Gasteiger partial charge in [-0.25, -0.2) is 0 Å². The fourth-order valence-corrected chi connectivity index (χ4v) is 0.824. The standard InChI is InChI=1S/C6H10N2O2.4C4H10/c1-7-3-6(10)8(2)4-5(7)9;4*1-3-4-2/h3-4H2,1-2H3;4*3-4H2,1-2H3. The van der Waals surface area contributed by atoms with Crippen molar-refractivity contribution in [2.75, 3.05) is 27.2 Å². The fourth-order valence-electron chi connectivity index (χ4n) is 0.824. The first-order chi connectivity index (χ1) is 12.3. The number of rotatable bonds is 4. The summed E-state index contributed by atoms with van der Waals surface area (Å²) in [4.78, 5) is 24.6. The summed E-state index contributed by atoms with van der Waals surface area (Å²) in [5.74, 6) is 0.00389. The minimum Gasteiger partial charge on any atom is -0.335 e. The summed E-state index contributed by atoms with van der Waals surface area (Å²) >= 11 is 0. The lowest BCUT2D eigenvalue weighted by Gasteiger charge is -2.28. The van der Waals surface area contributed by atoms with Crippen molar-refractivity contribution < 1.29 is 9.59 Å². The van der Waals surface area contributed by atoms with Crippen LogP contribution in [-0.2, 0) is 9.59 Å². The van der Waals surface area contributed by atoms with E-state index in [1.807, 2.05) is 0 Å². The Morgan fingerprint density at radius 3 is 0.769 bits per heavy atom. The average Bonchev–Trinajstić information content (AvgIpc) is 2.67. The van der Waals surface area contributed by atoms with E-state index in [0.717, 1.165) is 0 Å². The van der Waals surface area contributed by atoms with Gasteiger partial charge in [0.1, 0.15) is 0 Å². The Kier molecular flexibility index (Phi) is 36.0. The molecule has 0 spiro atoms. The number of hydrogen-bond donors (Lipinski definition) is 0. The summed E-state index contributed by atoms with van der Waals surface area (Å²) in [6.45, 7) is 17.9. The van der Waals surface area contributed by atoms with Crippen LogP contribution in [0, 0.1) is 0 Å². The normalized spacial score (nSPS) is 12.4. The third kappa shape index (κ3) is 30.8. The topological polar surface area (TPSA) is 40.6 Å². The molecule has 2 amide bonds. The van der Waals surface area contributed by atoms with E-state index >= 15 is 0 Å². The first-order valence-corrected chi connectivity index (χ1v) is 10.7. The third-order valence-corrected chi connectivity index (χ3v) is 3.60. The molecule has 0 aromatic rings. The van der Waals surface area contributed by atoms with E-state index in [4.69, 9.17) is 0 Å². The van der Waals surface area contributed by atoms with Gasteiger partial charge in [0.05, 0.1) is 13.1 Å². The summed E-state index contributed by atoms with van der Waals surface area (Å²) in [7, 11) is 3.26. The summed E-state index contributed by atoms with van der Waals surface area (Å²) in [6, 6.07) is 0. The monoisotopic (exact) mass is 374 g/mol. The van der Waals surface area contributed by atoms with Gasteiger partial charge in [-0.1, -0.05) is 107 Å². The zero-order valence-electron chi connectivity index (χ0n) is 19.8. The number of nitrogens with zero attached hydrogens (tertiary/aromatic N) is 2. The van der Waals surface area contributed by atoms with Gasteiger partial charge in [-0.15, -0.1) is 0 Å². The molecule has 0 aromatic carbocycles. The quantitative estimate of drug-likeness (QED) is 0.592. The van der Waals surface area contributed by atoms with Crippen LogP contribution >= 0.6 is 0 Å². The van der Waals surface area contributed by atoms with E-state index in [2.05, 4.69) is 55.4 Å². The molecule has 0 radical (unpaired) electrons. The summed E-state index contributed by atoms with van der Waals surface area (Å²) in [5, 5.41) is 0. The number of unbranched alkanes of at least 4 members (excludes halogenated alkanes) is 4. The molecule has 1 rings (SSSR count). The summed E-state index contributed by atoms with van der Waals surface area (Å²) in [6.07, 6.45) is 10.6. The lowest BCUT2D eigenvalue weighted by molar-refractivity contribution is -0.147. The van der Waals surface area contributed by atoms with E-state index in [0.29, 0.717) is 0 Å². The SMILES string of the molecule is CCCC.CCCC.CCCC.CCCC.CN1CC(=O)N(C)CC1=O. The number of amides is 2. The number of likely N-dealkylation sites (N-methyl/N-ethyl adjacent to an activating group) is 2. The van der Waals surface area contributed by atoms with E-state index in [1.165, 1.54) is 61.2 Å². The second-order valence-corrected chi connectivity index (χ2v) is 6.50. The summed E-state index contributed by atoms with van der Waals surface area (Å²) < 4.78 is 0. The smallest absolute Gasteiger partial charge is 0.242 e. The molecule has 1 fully saturated rings. The maximum absolute atomic E-state index is 10.9. The number of piperazine rings is 1. The summed E-state index contributed by atoms with van der Waals surface area (Å²) in [5.41, 5.74) is 0. The van der Waals surface area contributed by atoms with Crippen molar-refractivity contribution >= 4 is 11.8 Å². The van der Waals surface area contributed by atoms with E-state index in [-0.39, 0.29) is 24.9 Å². The van der Waals surface area contributed by atoms with Crippen LogP contribution < -0.4 is 0 Å². The first-order valence-electron chi connectivity index (χ1n) is 10.7. The molecule has 0 aromatic heterocycles. The van der Waals surface area contributed by atoms with Crippen LogP contribution in [0.2, 0.25) is 0 Å². The predicted octanol–water partition coefficient (Wildman–Crippen LogP) is 6.14. The fraction of sp³-hybridized carbons (Fsp3) is 0.909. The highest BCUT2D eigenvalue weighted by Gasteiger charge is 2.23. The molecule has 0 N–H and O–H groups in total. The molecule has 1 saturated heterocycles. The van der Waals surface area contributed by atoms with Crippen LogP contribution in [0.3, 0.4) is 0 Å². The molecule has 1 aliphatic rings. The van der Waals surface area contributed by atoms with E-state index < -0.39 is 0 Å². The van der Waals surface area contributed by atoms with Crippen LogP contribution in [0.25, 0.3) is 0 Å². The zero-order chi connectivity index (χ0) is 21.4. The van der Waals surface area contributed by atoms with Crippen molar-refractivity contribution in [3.8, 4) is 0 Å². The molecule has 26 heavy (non-hydrogen) atoms. The molecule has 160 valence electrons. The van der Waals surface area contributed by atoms with Gasteiger partial charge >= 0.3 is 0 Å². The Bertz CT molecular complexity index is 237. The molecule has 0 saturated carbocycles. The van der Waals surface area contributed by atoms with Gasteiger partial charge in [0.15, 0.2) is 0 Å². The van der Waals surface area contributed by atoms with Crippen molar-refractivity contribution in [1.82, 2.24) is 9.80 Å². The molecule has 1 aliphatic heterocycles. The maximum atomic E-state index is 10.9. The first kappa shape index (κ1) is 32.6. The zero-order valence-corrected chi connectivity index (χ0v) is 19.8. The van der Waals surface area contributed by atoms with Crippen molar-refractivity contribution in [1.29, 1.82) is 0 Å². The van der Waals surface area contributed by atoms with Crippen LogP contribution in [0.1, 0.15) is 107 Å². The molecule has 4 heteroatoms. The van der Waals surface area contributed by atoms with Crippen molar-refractivity contribution in [3.05, 3.63) is 0 Å². The van der Waals surface area contributed by atoms with Gasteiger partial charge in [-0.05, 0) is 0 Å². The maximum Gasteiger partial charge on any atom is 0.242 e. The number of carbonyl (C=O) groups excluding carboxylic acids is 2. The Morgan fingerprint density at radius 1 is 0.500 bits per heavy atom. The molecule has 0 atom stereocenters. The van der Waals surface area contributed by atoms with Crippen LogP contribution in [0.5, 0.6) is 0 Å². The highest BCUT2D eigenvalue weighted by molar-refractivity contribution is 5.92. The molecule has 0 unspecified atom stereocenters.